The van der Waals surface area contributed by atoms with Crippen LogP contribution in [0.2, 0.25) is 0 Å². The molecule has 1 amide bonds. The molecule has 0 atom stereocenters. The number of hydrogen-bond acceptors (Lipinski definition) is 6. The fourth-order valence-corrected chi connectivity index (χ4v) is 3.28. The van der Waals surface area contributed by atoms with Gasteiger partial charge in [0.15, 0.2) is 23.9 Å². The van der Waals surface area contributed by atoms with Gasteiger partial charge in [0, 0.05) is 10.9 Å². The normalized spacial score (nSPS) is 10.6. The summed E-state index contributed by atoms with van der Waals surface area (Å²) in [7, 11) is 3.05. The molecule has 0 aliphatic heterocycles. The molecule has 0 bridgehead atoms. The number of para-hydroxylation sites is 3. The Balaban J connectivity index is 1.61. The Hall–Kier alpha value is -4.26. The van der Waals surface area contributed by atoms with Crippen LogP contribution in [-0.4, -0.2) is 32.5 Å². The van der Waals surface area contributed by atoms with Gasteiger partial charge in [0.1, 0.15) is 11.3 Å². The van der Waals surface area contributed by atoms with E-state index in [9.17, 15) is 9.59 Å². The lowest BCUT2D eigenvalue weighted by Crippen LogP contribution is -2.21. The maximum Gasteiger partial charge on any atom is 0.262 e. The van der Waals surface area contributed by atoms with Crippen molar-refractivity contribution in [2.75, 3.05) is 26.1 Å². The average molecular weight is 431 g/mol. The number of carbonyl (C=O) groups excluding carboxylic acids is 2. The second kappa shape index (κ2) is 9.26. The van der Waals surface area contributed by atoms with Gasteiger partial charge >= 0.3 is 0 Å². The SMILES string of the molecule is COc1cccc(C(=O)c2oc3ccccc3c2NC(=O)COc2ccccc2OC)c1. The predicted octanol–water partition coefficient (Wildman–Crippen LogP) is 4.70. The molecule has 0 unspecified atom stereocenters. The minimum Gasteiger partial charge on any atom is -0.497 e. The second-order valence-corrected chi connectivity index (χ2v) is 6.85. The first kappa shape index (κ1) is 21.0. The van der Waals surface area contributed by atoms with Gasteiger partial charge in [-0.15, -0.1) is 0 Å². The topological polar surface area (TPSA) is 87.0 Å². The largest absolute Gasteiger partial charge is 0.497 e. The molecule has 1 heterocycles. The van der Waals surface area contributed by atoms with E-state index in [0.717, 1.165) is 0 Å². The van der Waals surface area contributed by atoms with Crippen molar-refractivity contribution < 1.29 is 28.2 Å². The highest BCUT2D eigenvalue weighted by Gasteiger charge is 2.24. The summed E-state index contributed by atoms with van der Waals surface area (Å²) in [5.41, 5.74) is 1.16. The highest BCUT2D eigenvalue weighted by atomic mass is 16.5. The van der Waals surface area contributed by atoms with Crippen LogP contribution >= 0.6 is 0 Å². The van der Waals surface area contributed by atoms with Crippen molar-refractivity contribution in [2.45, 2.75) is 0 Å². The van der Waals surface area contributed by atoms with Gasteiger partial charge in [-0.25, -0.2) is 0 Å². The molecule has 162 valence electrons. The van der Waals surface area contributed by atoms with Gasteiger partial charge in [-0.2, -0.15) is 0 Å². The van der Waals surface area contributed by atoms with E-state index in [1.54, 1.807) is 72.8 Å². The Morgan fingerprint density at radius 1 is 0.875 bits per heavy atom. The molecular formula is C25H21NO6. The number of nitrogens with one attached hydrogen (secondary N) is 1. The summed E-state index contributed by atoms with van der Waals surface area (Å²) in [6.07, 6.45) is 0. The molecule has 0 spiro atoms. The number of benzene rings is 3. The Labute approximate surface area is 184 Å². The first-order valence-corrected chi connectivity index (χ1v) is 9.86. The monoisotopic (exact) mass is 431 g/mol. The van der Waals surface area contributed by atoms with E-state index in [2.05, 4.69) is 5.32 Å². The smallest absolute Gasteiger partial charge is 0.262 e. The third-order valence-electron chi connectivity index (χ3n) is 4.83. The van der Waals surface area contributed by atoms with Crippen molar-refractivity contribution >= 4 is 28.3 Å². The van der Waals surface area contributed by atoms with Crippen molar-refractivity contribution in [2.24, 2.45) is 0 Å². The number of ether oxygens (including phenoxy) is 3. The van der Waals surface area contributed by atoms with E-state index in [4.69, 9.17) is 18.6 Å². The standard InChI is InChI=1S/C25H21NO6/c1-29-17-9-7-8-16(14-17)24(28)25-23(18-10-3-4-11-19(18)32-25)26-22(27)15-31-21-13-6-5-12-20(21)30-2/h3-14H,15H2,1-2H3,(H,26,27). The summed E-state index contributed by atoms with van der Waals surface area (Å²) < 4.78 is 21.9. The molecule has 0 radical (unpaired) electrons. The lowest BCUT2D eigenvalue weighted by Gasteiger charge is -2.11. The number of ketones is 1. The molecule has 7 nitrogen and oxygen atoms in total. The molecule has 0 saturated carbocycles. The van der Waals surface area contributed by atoms with Crippen molar-refractivity contribution in [1.29, 1.82) is 0 Å². The molecule has 1 aromatic heterocycles. The van der Waals surface area contributed by atoms with Crippen molar-refractivity contribution in [1.82, 2.24) is 0 Å². The summed E-state index contributed by atoms with van der Waals surface area (Å²) in [4.78, 5) is 25.9. The molecule has 0 aliphatic rings. The highest BCUT2D eigenvalue weighted by molar-refractivity contribution is 6.17. The Morgan fingerprint density at radius 3 is 2.41 bits per heavy atom. The lowest BCUT2D eigenvalue weighted by atomic mass is 10.1. The van der Waals surface area contributed by atoms with Gasteiger partial charge in [-0.1, -0.05) is 36.4 Å². The van der Waals surface area contributed by atoms with Gasteiger partial charge < -0.3 is 23.9 Å². The van der Waals surface area contributed by atoms with Gasteiger partial charge in [-0.05, 0) is 36.4 Å². The predicted molar refractivity (Wildman–Crippen MR) is 120 cm³/mol. The molecule has 3 aromatic carbocycles. The Morgan fingerprint density at radius 2 is 1.62 bits per heavy atom. The molecule has 0 fully saturated rings. The van der Waals surface area contributed by atoms with Gasteiger partial charge in [-0.3, -0.25) is 9.59 Å². The molecule has 32 heavy (non-hydrogen) atoms. The van der Waals surface area contributed by atoms with Crippen LogP contribution in [0.3, 0.4) is 0 Å². The summed E-state index contributed by atoms with van der Waals surface area (Å²) in [5, 5.41) is 3.39. The first-order chi connectivity index (χ1) is 15.6. The zero-order valence-corrected chi connectivity index (χ0v) is 17.6. The average Bonchev–Trinajstić information content (AvgIpc) is 3.20. The quantitative estimate of drug-likeness (QED) is 0.407. The van der Waals surface area contributed by atoms with E-state index < -0.39 is 5.91 Å². The zero-order valence-electron chi connectivity index (χ0n) is 17.6. The number of fused-ring (bicyclic) bond motifs is 1. The van der Waals surface area contributed by atoms with Crippen LogP contribution in [-0.2, 0) is 4.79 Å². The molecule has 4 aromatic rings. The van der Waals surface area contributed by atoms with Crippen molar-refractivity contribution in [3.8, 4) is 17.2 Å². The Bertz CT molecular complexity index is 1280. The van der Waals surface area contributed by atoms with Gasteiger partial charge in [0.25, 0.3) is 5.91 Å². The summed E-state index contributed by atoms with van der Waals surface area (Å²) in [6.45, 7) is -0.271. The van der Waals surface area contributed by atoms with Crippen LogP contribution in [0.25, 0.3) is 11.0 Å². The molecule has 7 heteroatoms. The van der Waals surface area contributed by atoms with E-state index in [-0.39, 0.29) is 18.2 Å². The molecule has 0 aliphatic carbocycles. The maximum atomic E-state index is 13.2. The van der Waals surface area contributed by atoms with Crippen molar-refractivity contribution in [3.05, 3.63) is 84.1 Å². The van der Waals surface area contributed by atoms with Crippen LogP contribution in [0.1, 0.15) is 16.1 Å². The Kier molecular flexibility index (Phi) is 6.07. The van der Waals surface area contributed by atoms with Crippen molar-refractivity contribution in [3.63, 3.8) is 0 Å². The van der Waals surface area contributed by atoms with E-state index >= 15 is 0 Å². The third-order valence-corrected chi connectivity index (χ3v) is 4.83. The van der Waals surface area contributed by atoms with Gasteiger partial charge in [0.2, 0.25) is 5.78 Å². The molecule has 0 saturated heterocycles. The van der Waals surface area contributed by atoms with Gasteiger partial charge in [0.05, 0.1) is 19.9 Å². The minimum atomic E-state index is -0.442. The number of anilines is 1. The number of methoxy groups -OCH3 is 2. The lowest BCUT2D eigenvalue weighted by molar-refractivity contribution is -0.118. The summed E-state index contributed by atoms with van der Waals surface area (Å²) in [6, 6.07) is 20.9. The second-order valence-electron chi connectivity index (χ2n) is 6.85. The third kappa shape index (κ3) is 4.27. The number of furan rings is 1. The molecular weight excluding hydrogens is 410 g/mol. The molecule has 1 N–H and O–H groups in total. The van der Waals surface area contributed by atoms with Crippen LogP contribution in [0.15, 0.2) is 77.2 Å². The minimum absolute atomic E-state index is 0.0325. The zero-order chi connectivity index (χ0) is 22.5. The van der Waals surface area contributed by atoms with E-state index in [1.165, 1.54) is 14.2 Å². The number of rotatable bonds is 8. The van der Waals surface area contributed by atoms with Crippen LogP contribution < -0.4 is 19.5 Å². The van der Waals surface area contributed by atoms with Crippen LogP contribution in [0, 0.1) is 0 Å². The highest BCUT2D eigenvalue weighted by Crippen LogP contribution is 2.33. The number of hydrogen-bond donors (Lipinski definition) is 1. The number of carbonyl (C=O) groups is 2. The van der Waals surface area contributed by atoms with Crippen LogP contribution in [0.5, 0.6) is 17.2 Å². The van der Waals surface area contributed by atoms with E-state index in [1.807, 2.05) is 0 Å². The fourth-order valence-electron chi connectivity index (χ4n) is 3.28. The summed E-state index contributed by atoms with van der Waals surface area (Å²) in [5.74, 6) is 0.717. The number of amides is 1. The maximum absolute atomic E-state index is 13.2. The molecule has 4 rings (SSSR count). The van der Waals surface area contributed by atoms with Crippen LogP contribution in [0.4, 0.5) is 5.69 Å². The fraction of sp³-hybridized carbons (Fsp3) is 0.120. The first-order valence-electron chi connectivity index (χ1n) is 9.86. The summed E-state index contributed by atoms with van der Waals surface area (Å²) >= 11 is 0. The van der Waals surface area contributed by atoms with E-state index in [0.29, 0.717) is 39.5 Å².